The molecular weight excluding hydrogens is 253 g/mol. The lowest BCUT2D eigenvalue weighted by Gasteiger charge is -2.10. The third-order valence-corrected chi connectivity index (χ3v) is 2.47. The lowest BCUT2D eigenvalue weighted by Crippen LogP contribution is -2.06. The van der Waals surface area contributed by atoms with E-state index in [2.05, 4.69) is 10.2 Å². The molecule has 0 atom stereocenters. The van der Waals surface area contributed by atoms with Crippen molar-refractivity contribution in [2.75, 3.05) is 0 Å². The van der Waals surface area contributed by atoms with Gasteiger partial charge in [0.25, 0.3) is 0 Å². The van der Waals surface area contributed by atoms with E-state index in [0.717, 1.165) is 6.07 Å². The second kappa shape index (κ2) is 4.33. The van der Waals surface area contributed by atoms with Crippen LogP contribution in [0.3, 0.4) is 0 Å². The Morgan fingerprint density at radius 2 is 1.88 bits per heavy atom. The van der Waals surface area contributed by atoms with E-state index in [1.807, 2.05) is 0 Å². The molecule has 2 nitrogen and oxygen atoms in total. The monoisotopic (exact) mass is 258 g/mol. The van der Waals surface area contributed by atoms with Crippen molar-refractivity contribution in [2.24, 2.45) is 0 Å². The third-order valence-electron chi connectivity index (χ3n) is 2.14. The maximum absolute atomic E-state index is 12.6. The third kappa shape index (κ3) is 2.55. The van der Waals surface area contributed by atoms with Crippen LogP contribution < -0.4 is 0 Å². The van der Waals surface area contributed by atoms with Gasteiger partial charge in [-0.25, -0.2) is 0 Å². The average molecular weight is 259 g/mol. The Labute approximate surface area is 100 Å². The van der Waals surface area contributed by atoms with Gasteiger partial charge in [-0.15, -0.1) is 0 Å². The molecule has 0 unspecified atom stereocenters. The van der Waals surface area contributed by atoms with Crippen molar-refractivity contribution in [2.45, 2.75) is 6.18 Å². The van der Waals surface area contributed by atoms with Gasteiger partial charge in [-0.3, -0.25) is 0 Å². The van der Waals surface area contributed by atoms with Gasteiger partial charge in [-0.1, -0.05) is 17.7 Å². The first-order valence-electron chi connectivity index (χ1n) is 4.63. The number of rotatable bonds is 1. The van der Waals surface area contributed by atoms with Gasteiger partial charge in [-0.05, 0) is 24.3 Å². The van der Waals surface area contributed by atoms with Crippen LogP contribution in [0.1, 0.15) is 5.56 Å². The highest BCUT2D eigenvalue weighted by Gasteiger charge is 2.33. The molecule has 88 valence electrons. The molecule has 2 rings (SSSR count). The van der Waals surface area contributed by atoms with Crippen LogP contribution in [-0.4, -0.2) is 10.2 Å². The summed E-state index contributed by atoms with van der Waals surface area (Å²) in [7, 11) is 0. The summed E-state index contributed by atoms with van der Waals surface area (Å²) in [6.45, 7) is 0. The van der Waals surface area contributed by atoms with Crippen LogP contribution in [0.2, 0.25) is 5.02 Å². The molecule has 6 heteroatoms. The van der Waals surface area contributed by atoms with E-state index in [4.69, 9.17) is 11.6 Å². The molecule has 1 aromatic carbocycles. The normalized spacial score (nSPS) is 11.5. The van der Waals surface area contributed by atoms with Gasteiger partial charge in [0.1, 0.15) is 0 Å². The zero-order valence-corrected chi connectivity index (χ0v) is 9.13. The highest BCUT2D eigenvalue weighted by atomic mass is 35.5. The number of aromatic nitrogens is 2. The van der Waals surface area contributed by atoms with Crippen LogP contribution in [0.15, 0.2) is 36.5 Å². The number of hydrogen-bond donors (Lipinski definition) is 0. The first-order chi connectivity index (χ1) is 7.98. The van der Waals surface area contributed by atoms with Crippen molar-refractivity contribution in [1.29, 1.82) is 0 Å². The minimum absolute atomic E-state index is 0.329. The number of benzene rings is 1. The van der Waals surface area contributed by atoms with E-state index in [1.165, 1.54) is 18.3 Å². The fraction of sp³-hybridized carbons (Fsp3) is 0.0909. The van der Waals surface area contributed by atoms with Gasteiger partial charge >= 0.3 is 6.18 Å². The van der Waals surface area contributed by atoms with Crippen LogP contribution in [0.4, 0.5) is 13.2 Å². The molecule has 0 amide bonds. The van der Waals surface area contributed by atoms with Gasteiger partial charge < -0.3 is 0 Å². The molecule has 2 aromatic rings. The summed E-state index contributed by atoms with van der Waals surface area (Å²) in [6.07, 6.45) is -3.03. The van der Waals surface area contributed by atoms with Gasteiger partial charge in [-0.2, -0.15) is 23.4 Å². The summed E-state index contributed by atoms with van der Waals surface area (Å²) < 4.78 is 37.9. The zero-order chi connectivity index (χ0) is 12.5. The smallest absolute Gasteiger partial charge is 0.166 e. The lowest BCUT2D eigenvalue weighted by atomic mass is 10.1. The van der Waals surface area contributed by atoms with Gasteiger partial charge in [0, 0.05) is 11.8 Å². The fourth-order valence-electron chi connectivity index (χ4n) is 1.36. The van der Waals surface area contributed by atoms with Crippen LogP contribution in [0, 0.1) is 0 Å². The van der Waals surface area contributed by atoms with Crippen molar-refractivity contribution in [1.82, 2.24) is 10.2 Å². The Bertz CT molecular complexity index is 526. The molecule has 0 saturated heterocycles. The summed E-state index contributed by atoms with van der Waals surface area (Å²) in [5, 5.41) is 7.02. The van der Waals surface area contributed by atoms with E-state index < -0.39 is 11.7 Å². The Hall–Kier alpha value is -1.62. The Morgan fingerprint density at radius 3 is 2.47 bits per heavy atom. The van der Waals surface area contributed by atoms with Crippen LogP contribution in [-0.2, 0) is 6.18 Å². The predicted octanol–water partition coefficient (Wildman–Crippen LogP) is 3.82. The number of alkyl halides is 3. The van der Waals surface area contributed by atoms with Gasteiger partial charge in [0.15, 0.2) is 0 Å². The summed E-state index contributed by atoms with van der Waals surface area (Å²) >= 11 is 5.51. The Morgan fingerprint density at radius 1 is 1.12 bits per heavy atom. The molecule has 0 aliphatic heterocycles. The fourth-order valence-corrected chi connectivity index (χ4v) is 1.58. The van der Waals surface area contributed by atoms with E-state index in [1.54, 1.807) is 12.1 Å². The minimum atomic E-state index is -4.48. The standard InChI is InChI=1S/C11H6ClF3N2/c12-9-4-3-7(6-8(9)11(13,14)15)10-2-1-5-16-17-10/h1-6H. The van der Waals surface area contributed by atoms with E-state index in [9.17, 15) is 13.2 Å². The molecule has 0 bridgehead atoms. The molecule has 0 radical (unpaired) electrons. The van der Waals surface area contributed by atoms with E-state index >= 15 is 0 Å². The maximum atomic E-state index is 12.6. The summed E-state index contributed by atoms with van der Waals surface area (Å²) in [6, 6.07) is 6.82. The molecule has 17 heavy (non-hydrogen) atoms. The second-order valence-corrected chi connectivity index (χ2v) is 3.71. The van der Waals surface area contributed by atoms with Crippen LogP contribution in [0.25, 0.3) is 11.3 Å². The van der Waals surface area contributed by atoms with Crippen molar-refractivity contribution in [3.8, 4) is 11.3 Å². The SMILES string of the molecule is FC(F)(F)c1cc(-c2cccnn2)ccc1Cl. The number of hydrogen-bond acceptors (Lipinski definition) is 2. The number of halogens is 4. The largest absolute Gasteiger partial charge is 0.417 e. The summed E-state index contributed by atoms with van der Waals surface area (Å²) in [5.41, 5.74) is -0.174. The molecule has 0 aliphatic carbocycles. The second-order valence-electron chi connectivity index (χ2n) is 3.30. The van der Waals surface area contributed by atoms with Crippen molar-refractivity contribution in [3.63, 3.8) is 0 Å². The van der Waals surface area contributed by atoms with E-state index in [0.29, 0.717) is 11.3 Å². The molecule has 0 N–H and O–H groups in total. The molecule has 1 aromatic heterocycles. The molecular formula is C11H6ClF3N2. The lowest BCUT2D eigenvalue weighted by molar-refractivity contribution is -0.137. The van der Waals surface area contributed by atoms with Crippen molar-refractivity contribution in [3.05, 3.63) is 47.1 Å². The average Bonchev–Trinajstić information content (AvgIpc) is 2.29. The van der Waals surface area contributed by atoms with Crippen LogP contribution >= 0.6 is 11.6 Å². The highest BCUT2D eigenvalue weighted by molar-refractivity contribution is 6.31. The number of nitrogens with zero attached hydrogens (tertiary/aromatic N) is 2. The molecule has 1 heterocycles. The van der Waals surface area contributed by atoms with E-state index in [-0.39, 0.29) is 5.02 Å². The molecule has 0 aliphatic rings. The molecule has 0 saturated carbocycles. The topological polar surface area (TPSA) is 25.8 Å². The first kappa shape index (κ1) is 11.9. The predicted molar refractivity (Wildman–Crippen MR) is 57.5 cm³/mol. The molecule has 0 fully saturated rings. The van der Waals surface area contributed by atoms with Crippen molar-refractivity contribution < 1.29 is 13.2 Å². The summed E-state index contributed by atoms with van der Waals surface area (Å²) in [4.78, 5) is 0. The maximum Gasteiger partial charge on any atom is 0.417 e. The molecule has 0 spiro atoms. The Kier molecular flexibility index (Phi) is 3.02. The van der Waals surface area contributed by atoms with Gasteiger partial charge in [0.05, 0.1) is 16.3 Å². The minimum Gasteiger partial charge on any atom is -0.166 e. The Balaban J connectivity index is 2.53. The first-order valence-corrected chi connectivity index (χ1v) is 5.01. The zero-order valence-electron chi connectivity index (χ0n) is 8.37. The quantitative estimate of drug-likeness (QED) is 0.777. The van der Waals surface area contributed by atoms with Gasteiger partial charge in [0.2, 0.25) is 0 Å². The highest BCUT2D eigenvalue weighted by Crippen LogP contribution is 2.36. The van der Waals surface area contributed by atoms with Crippen LogP contribution in [0.5, 0.6) is 0 Å². The van der Waals surface area contributed by atoms with Crippen molar-refractivity contribution >= 4 is 11.6 Å². The summed E-state index contributed by atoms with van der Waals surface area (Å²) in [5.74, 6) is 0.